The van der Waals surface area contributed by atoms with Crippen molar-refractivity contribution in [3.8, 4) is 39.5 Å². The molecule has 1 saturated heterocycles. The Hall–Kier alpha value is -4.50. The number of fused-ring (bicyclic) bond motifs is 2. The lowest BCUT2D eigenvalue weighted by molar-refractivity contribution is 0.162. The molecular formula is C27H23N7O2. The first kappa shape index (κ1) is 20.8. The molecule has 6 aromatic heterocycles. The number of piperidine rings is 1. The maximum Gasteiger partial charge on any atom is 0.138 e. The lowest BCUT2D eigenvalue weighted by Gasteiger charge is -2.23. The van der Waals surface area contributed by atoms with Gasteiger partial charge in [-0.3, -0.25) is 10.1 Å². The van der Waals surface area contributed by atoms with Crippen molar-refractivity contribution in [2.75, 3.05) is 13.1 Å². The van der Waals surface area contributed by atoms with E-state index in [2.05, 4.69) is 36.5 Å². The molecule has 3 N–H and O–H groups in total. The average Bonchev–Trinajstić information content (AvgIpc) is 3.68. The van der Waals surface area contributed by atoms with E-state index in [0.29, 0.717) is 0 Å². The Morgan fingerprint density at radius 1 is 1.00 bits per heavy atom. The van der Waals surface area contributed by atoms with Crippen LogP contribution in [-0.4, -0.2) is 49.3 Å². The summed E-state index contributed by atoms with van der Waals surface area (Å²) in [4.78, 5) is 17.3. The Morgan fingerprint density at radius 3 is 2.83 bits per heavy atom. The molecule has 0 bridgehead atoms. The lowest BCUT2D eigenvalue weighted by Crippen LogP contribution is -2.34. The van der Waals surface area contributed by atoms with Crippen LogP contribution in [0.3, 0.4) is 0 Å². The molecule has 7 heterocycles. The van der Waals surface area contributed by atoms with Gasteiger partial charge in [0.05, 0.1) is 35.6 Å². The van der Waals surface area contributed by atoms with E-state index < -0.39 is 0 Å². The number of pyridine rings is 3. The molecule has 1 aliphatic rings. The molecule has 36 heavy (non-hydrogen) atoms. The smallest absolute Gasteiger partial charge is 0.138 e. The van der Waals surface area contributed by atoms with Gasteiger partial charge in [0.25, 0.3) is 0 Å². The highest BCUT2D eigenvalue weighted by molar-refractivity contribution is 5.98. The molecular weight excluding hydrogens is 454 g/mol. The number of aromatic nitrogens is 6. The summed E-state index contributed by atoms with van der Waals surface area (Å²) in [5.74, 6) is 0.766. The quantitative estimate of drug-likeness (QED) is 0.321. The van der Waals surface area contributed by atoms with Crippen molar-refractivity contribution >= 4 is 22.1 Å². The minimum atomic E-state index is 0.210. The molecule has 9 nitrogen and oxygen atoms in total. The Balaban J connectivity index is 1.26. The summed E-state index contributed by atoms with van der Waals surface area (Å²) in [5.41, 5.74) is 7.73. The molecule has 0 aromatic carbocycles. The topological polar surface area (TPSA) is 118 Å². The van der Waals surface area contributed by atoms with Crippen LogP contribution in [0.25, 0.3) is 55.8 Å². The highest BCUT2D eigenvalue weighted by Crippen LogP contribution is 2.33. The fourth-order valence-corrected chi connectivity index (χ4v) is 4.80. The standard InChI is InChI=1S/C27H23N7O2/c1-2-23-25(31-22(1)17-11-19(14-29-13-17)36-18-3-7-28-8-4-18)26(34-33-23)24-12-21-20(16-6-10-35-15-16)5-9-30-27(21)32-24/h1-2,5-6,9-15,18,28H,3-4,7-8H2,(H,30,32)(H,33,34). The fourth-order valence-electron chi connectivity index (χ4n) is 4.80. The van der Waals surface area contributed by atoms with Crippen molar-refractivity contribution in [1.29, 1.82) is 0 Å². The van der Waals surface area contributed by atoms with E-state index in [1.54, 1.807) is 24.9 Å². The largest absolute Gasteiger partial charge is 0.489 e. The van der Waals surface area contributed by atoms with Crippen LogP contribution in [0, 0.1) is 0 Å². The van der Waals surface area contributed by atoms with E-state index in [9.17, 15) is 0 Å². The van der Waals surface area contributed by atoms with E-state index >= 15 is 0 Å². The molecule has 0 radical (unpaired) electrons. The van der Waals surface area contributed by atoms with Crippen LogP contribution in [0.4, 0.5) is 0 Å². The summed E-state index contributed by atoms with van der Waals surface area (Å²) in [7, 11) is 0. The van der Waals surface area contributed by atoms with Crippen LogP contribution >= 0.6 is 0 Å². The van der Waals surface area contributed by atoms with E-state index in [4.69, 9.17) is 14.1 Å². The Bertz CT molecular complexity index is 1660. The third-order valence-electron chi connectivity index (χ3n) is 6.62. The van der Waals surface area contributed by atoms with Crippen molar-refractivity contribution in [2.24, 2.45) is 0 Å². The highest BCUT2D eigenvalue weighted by atomic mass is 16.5. The summed E-state index contributed by atoms with van der Waals surface area (Å²) in [5, 5.41) is 12.0. The third kappa shape index (κ3) is 3.70. The van der Waals surface area contributed by atoms with E-state index in [-0.39, 0.29) is 6.10 Å². The van der Waals surface area contributed by atoms with E-state index in [1.807, 2.05) is 36.5 Å². The third-order valence-corrected chi connectivity index (χ3v) is 6.62. The van der Waals surface area contributed by atoms with Crippen LogP contribution in [0.1, 0.15) is 12.8 Å². The maximum atomic E-state index is 6.19. The number of nitrogens with one attached hydrogen (secondary N) is 3. The summed E-state index contributed by atoms with van der Waals surface area (Å²) in [6, 6.07) is 12.0. The average molecular weight is 478 g/mol. The maximum absolute atomic E-state index is 6.19. The van der Waals surface area contributed by atoms with Crippen molar-refractivity contribution in [1.82, 2.24) is 35.5 Å². The molecule has 7 rings (SSSR count). The number of H-pyrrole nitrogens is 2. The van der Waals surface area contributed by atoms with Crippen LogP contribution in [-0.2, 0) is 0 Å². The van der Waals surface area contributed by atoms with Crippen LogP contribution in [0.15, 0.2) is 71.9 Å². The number of nitrogens with zero attached hydrogens (tertiary/aromatic N) is 4. The summed E-state index contributed by atoms with van der Waals surface area (Å²) < 4.78 is 11.5. The van der Waals surface area contributed by atoms with Crippen LogP contribution in [0.5, 0.6) is 5.75 Å². The molecule has 6 aromatic rings. The number of rotatable bonds is 5. The summed E-state index contributed by atoms with van der Waals surface area (Å²) in [6.07, 6.45) is 11.0. The zero-order chi connectivity index (χ0) is 23.9. The molecule has 0 aliphatic carbocycles. The first-order valence-corrected chi connectivity index (χ1v) is 12.0. The number of hydrogen-bond acceptors (Lipinski definition) is 7. The predicted octanol–water partition coefficient (Wildman–Crippen LogP) is 4.95. The van der Waals surface area contributed by atoms with Gasteiger partial charge < -0.3 is 19.5 Å². The number of ether oxygens (including phenoxy) is 1. The zero-order valence-electron chi connectivity index (χ0n) is 19.4. The molecule has 0 atom stereocenters. The van der Waals surface area contributed by atoms with Crippen LogP contribution < -0.4 is 10.1 Å². The molecule has 1 aliphatic heterocycles. The number of furan rings is 1. The van der Waals surface area contributed by atoms with Crippen molar-refractivity contribution in [3.05, 3.63) is 67.5 Å². The number of hydrogen-bond donors (Lipinski definition) is 3. The van der Waals surface area contributed by atoms with Gasteiger partial charge in [-0.1, -0.05) is 0 Å². The first-order valence-electron chi connectivity index (χ1n) is 12.0. The summed E-state index contributed by atoms with van der Waals surface area (Å²) in [6.45, 7) is 1.96. The SMILES string of the molecule is c1cc(-c2ccoc2)c2cc(-c3n[nH]c4ccc(-c5cncc(OC6CCNCC6)c5)nc34)[nH]c2n1. The van der Waals surface area contributed by atoms with Gasteiger partial charge in [0.15, 0.2) is 0 Å². The predicted molar refractivity (Wildman–Crippen MR) is 136 cm³/mol. The monoisotopic (exact) mass is 477 g/mol. The normalized spacial score (nSPS) is 14.6. The van der Waals surface area contributed by atoms with Gasteiger partial charge in [0.1, 0.15) is 28.7 Å². The van der Waals surface area contributed by atoms with Gasteiger partial charge in [-0.25, -0.2) is 9.97 Å². The number of aromatic amines is 2. The van der Waals surface area contributed by atoms with Gasteiger partial charge in [-0.05, 0) is 67.9 Å². The lowest BCUT2D eigenvalue weighted by atomic mass is 10.1. The summed E-state index contributed by atoms with van der Waals surface area (Å²) >= 11 is 0. The molecule has 0 spiro atoms. The molecule has 178 valence electrons. The second-order valence-corrected chi connectivity index (χ2v) is 8.96. The highest BCUT2D eigenvalue weighted by Gasteiger charge is 2.18. The van der Waals surface area contributed by atoms with Gasteiger partial charge in [0.2, 0.25) is 0 Å². The molecule has 0 amide bonds. The second kappa shape index (κ2) is 8.62. The van der Waals surface area contributed by atoms with Gasteiger partial charge in [-0.15, -0.1) is 0 Å². The minimum absolute atomic E-state index is 0.210. The van der Waals surface area contributed by atoms with Gasteiger partial charge in [0, 0.05) is 28.9 Å². The molecule has 0 saturated carbocycles. The zero-order valence-corrected chi connectivity index (χ0v) is 19.4. The van der Waals surface area contributed by atoms with Crippen LogP contribution in [0.2, 0.25) is 0 Å². The van der Waals surface area contributed by atoms with E-state index in [1.165, 1.54) is 0 Å². The van der Waals surface area contributed by atoms with Gasteiger partial charge in [-0.2, -0.15) is 5.10 Å². The Labute approximate surface area is 206 Å². The Morgan fingerprint density at radius 2 is 1.94 bits per heavy atom. The second-order valence-electron chi connectivity index (χ2n) is 8.96. The van der Waals surface area contributed by atoms with Crippen molar-refractivity contribution in [3.63, 3.8) is 0 Å². The Kier molecular flexibility index (Phi) is 4.99. The molecule has 0 unspecified atom stereocenters. The van der Waals surface area contributed by atoms with Crippen molar-refractivity contribution < 1.29 is 9.15 Å². The molecule has 9 heteroatoms. The van der Waals surface area contributed by atoms with Gasteiger partial charge >= 0.3 is 0 Å². The minimum Gasteiger partial charge on any atom is -0.489 e. The van der Waals surface area contributed by atoms with E-state index in [0.717, 1.165) is 87.5 Å². The van der Waals surface area contributed by atoms with Crippen molar-refractivity contribution in [2.45, 2.75) is 18.9 Å². The molecule has 1 fully saturated rings. The fraction of sp³-hybridized carbons (Fsp3) is 0.185. The first-order chi connectivity index (χ1) is 17.8.